The quantitative estimate of drug-likeness (QED) is 0.727. The highest BCUT2D eigenvalue weighted by Crippen LogP contribution is 2.26. The summed E-state index contributed by atoms with van der Waals surface area (Å²) >= 11 is 5.84. The van der Waals surface area contributed by atoms with Crippen molar-refractivity contribution in [3.8, 4) is 11.8 Å². The molecule has 0 saturated heterocycles. The van der Waals surface area contributed by atoms with Crippen molar-refractivity contribution in [3.63, 3.8) is 0 Å². The van der Waals surface area contributed by atoms with Crippen LogP contribution in [0.1, 0.15) is 11.1 Å². The standard InChI is InChI=1S/C10H10ClNO/c1-7-5-9(11)6-8(2)10(7)13-4-3-12/h5-6H,4H2,1-2H3. The number of hydrogen-bond donors (Lipinski definition) is 0. The van der Waals surface area contributed by atoms with Crippen LogP contribution in [0.15, 0.2) is 12.1 Å². The lowest BCUT2D eigenvalue weighted by Gasteiger charge is -2.09. The van der Waals surface area contributed by atoms with Crippen LogP contribution in [-0.2, 0) is 0 Å². The predicted octanol–water partition coefficient (Wildman–Crippen LogP) is 2.86. The van der Waals surface area contributed by atoms with Gasteiger partial charge in [0.2, 0.25) is 0 Å². The summed E-state index contributed by atoms with van der Waals surface area (Å²) in [5, 5.41) is 9.06. The molecule has 0 saturated carbocycles. The minimum absolute atomic E-state index is 0.0727. The Morgan fingerprint density at radius 3 is 2.38 bits per heavy atom. The molecule has 0 aliphatic rings. The molecule has 1 aromatic carbocycles. The normalized spacial score (nSPS) is 9.38. The first-order chi connectivity index (χ1) is 6.15. The molecule has 0 aliphatic carbocycles. The minimum Gasteiger partial charge on any atom is -0.478 e. The molecule has 0 unspecified atom stereocenters. The van der Waals surface area contributed by atoms with Crippen LogP contribution < -0.4 is 4.74 Å². The fourth-order valence-corrected chi connectivity index (χ4v) is 1.56. The highest BCUT2D eigenvalue weighted by atomic mass is 35.5. The van der Waals surface area contributed by atoms with Gasteiger partial charge in [0.25, 0.3) is 0 Å². The van der Waals surface area contributed by atoms with E-state index in [2.05, 4.69) is 0 Å². The van der Waals surface area contributed by atoms with Crippen LogP contribution in [0.25, 0.3) is 0 Å². The molecule has 0 radical (unpaired) electrons. The van der Waals surface area contributed by atoms with Crippen LogP contribution >= 0.6 is 11.6 Å². The van der Waals surface area contributed by atoms with Gasteiger partial charge in [0.1, 0.15) is 11.8 Å². The Morgan fingerprint density at radius 1 is 1.38 bits per heavy atom. The summed E-state index contributed by atoms with van der Waals surface area (Å²) in [5.74, 6) is 0.756. The fourth-order valence-electron chi connectivity index (χ4n) is 1.23. The molecule has 0 aliphatic heterocycles. The van der Waals surface area contributed by atoms with Gasteiger partial charge >= 0.3 is 0 Å². The lowest BCUT2D eigenvalue weighted by atomic mass is 10.1. The monoisotopic (exact) mass is 195 g/mol. The smallest absolute Gasteiger partial charge is 0.174 e. The fraction of sp³-hybridized carbons (Fsp3) is 0.300. The third-order valence-electron chi connectivity index (χ3n) is 1.71. The van der Waals surface area contributed by atoms with Gasteiger partial charge < -0.3 is 4.74 Å². The Labute approximate surface area is 82.7 Å². The van der Waals surface area contributed by atoms with Gasteiger partial charge in [-0.1, -0.05) is 11.6 Å². The van der Waals surface area contributed by atoms with Crippen LogP contribution in [0.5, 0.6) is 5.75 Å². The van der Waals surface area contributed by atoms with Crippen molar-refractivity contribution in [3.05, 3.63) is 28.3 Å². The Morgan fingerprint density at radius 2 is 1.92 bits per heavy atom. The molecule has 0 N–H and O–H groups in total. The van der Waals surface area contributed by atoms with Gasteiger partial charge in [0, 0.05) is 5.02 Å². The molecule has 0 spiro atoms. The van der Waals surface area contributed by atoms with Crippen LogP contribution in [0, 0.1) is 25.2 Å². The Kier molecular flexibility index (Phi) is 3.16. The number of rotatable bonds is 2. The molecule has 0 amide bonds. The summed E-state index contributed by atoms with van der Waals surface area (Å²) in [4.78, 5) is 0. The van der Waals surface area contributed by atoms with Crippen molar-refractivity contribution in [1.82, 2.24) is 0 Å². The summed E-state index contributed by atoms with van der Waals surface area (Å²) in [5.41, 5.74) is 1.92. The van der Waals surface area contributed by atoms with Crippen molar-refractivity contribution in [2.75, 3.05) is 6.61 Å². The molecule has 3 heteroatoms. The first kappa shape index (κ1) is 9.88. The van der Waals surface area contributed by atoms with Crippen LogP contribution in [-0.4, -0.2) is 6.61 Å². The Hall–Kier alpha value is -1.20. The molecule has 13 heavy (non-hydrogen) atoms. The summed E-state index contributed by atoms with van der Waals surface area (Å²) in [6.45, 7) is 3.89. The number of halogens is 1. The molecule has 1 rings (SSSR count). The lowest BCUT2D eigenvalue weighted by Crippen LogP contribution is -1.97. The average molecular weight is 196 g/mol. The zero-order chi connectivity index (χ0) is 9.84. The molecule has 0 aromatic heterocycles. The molecule has 1 aromatic rings. The number of hydrogen-bond acceptors (Lipinski definition) is 2. The second-order valence-electron chi connectivity index (χ2n) is 2.82. The number of nitriles is 1. The summed E-state index contributed by atoms with van der Waals surface area (Å²) in [7, 11) is 0. The third-order valence-corrected chi connectivity index (χ3v) is 1.92. The van der Waals surface area contributed by atoms with E-state index >= 15 is 0 Å². The van der Waals surface area contributed by atoms with Gasteiger partial charge in [-0.05, 0) is 37.1 Å². The molecule has 68 valence electrons. The average Bonchev–Trinajstić information content (AvgIpc) is 2.02. The highest BCUT2D eigenvalue weighted by Gasteiger charge is 2.04. The highest BCUT2D eigenvalue weighted by molar-refractivity contribution is 6.30. The lowest BCUT2D eigenvalue weighted by molar-refractivity contribution is 0.363. The van der Waals surface area contributed by atoms with Gasteiger partial charge in [-0.2, -0.15) is 5.26 Å². The van der Waals surface area contributed by atoms with Gasteiger partial charge in [-0.25, -0.2) is 0 Å². The molecule has 2 nitrogen and oxygen atoms in total. The van der Waals surface area contributed by atoms with Crippen molar-refractivity contribution in [2.24, 2.45) is 0 Å². The van der Waals surface area contributed by atoms with Crippen molar-refractivity contribution in [2.45, 2.75) is 13.8 Å². The molecule has 0 atom stereocenters. The first-order valence-electron chi connectivity index (χ1n) is 3.91. The van der Waals surface area contributed by atoms with E-state index < -0.39 is 0 Å². The third kappa shape index (κ3) is 2.37. The number of benzene rings is 1. The van der Waals surface area contributed by atoms with Crippen LogP contribution in [0.2, 0.25) is 5.02 Å². The van der Waals surface area contributed by atoms with E-state index in [4.69, 9.17) is 21.6 Å². The summed E-state index contributed by atoms with van der Waals surface area (Å²) in [6.07, 6.45) is 0. The Balaban J connectivity index is 3.00. The second-order valence-corrected chi connectivity index (χ2v) is 3.25. The van der Waals surface area contributed by atoms with Gasteiger partial charge in [-0.3, -0.25) is 0 Å². The number of nitrogens with zero attached hydrogens (tertiary/aromatic N) is 1. The number of ether oxygens (including phenoxy) is 1. The van der Waals surface area contributed by atoms with Crippen molar-refractivity contribution in [1.29, 1.82) is 5.26 Å². The van der Waals surface area contributed by atoms with E-state index in [1.807, 2.05) is 32.0 Å². The van der Waals surface area contributed by atoms with Crippen LogP contribution in [0.3, 0.4) is 0 Å². The van der Waals surface area contributed by atoms with Gasteiger partial charge in [-0.15, -0.1) is 0 Å². The van der Waals surface area contributed by atoms with Crippen molar-refractivity contribution >= 4 is 11.6 Å². The van der Waals surface area contributed by atoms with E-state index in [9.17, 15) is 0 Å². The SMILES string of the molecule is Cc1cc(Cl)cc(C)c1OCC#N. The van der Waals surface area contributed by atoms with E-state index in [0.717, 1.165) is 16.9 Å². The molecule has 0 heterocycles. The van der Waals surface area contributed by atoms with Crippen LogP contribution in [0.4, 0.5) is 0 Å². The van der Waals surface area contributed by atoms with E-state index in [1.165, 1.54) is 0 Å². The molecule has 0 bridgehead atoms. The maximum Gasteiger partial charge on any atom is 0.174 e. The second kappa shape index (κ2) is 4.15. The van der Waals surface area contributed by atoms with Crippen molar-refractivity contribution < 1.29 is 4.74 Å². The Bertz CT molecular complexity index is 331. The zero-order valence-electron chi connectivity index (χ0n) is 7.60. The minimum atomic E-state index is 0.0727. The molecule has 0 fully saturated rings. The summed E-state index contributed by atoms with van der Waals surface area (Å²) in [6, 6.07) is 5.57. The van der Waals surface area contributed by atoms with Gasteiger partial charge in [0.05, 0.1) is 0 Å². The van der Waals surface area contributed by atoms with E-state index in [-0.39, 0.29) is 6.61 Å². The maximum atomic E-state index is 8.36. The maximum absolute atomic E-state index is 8.36. The molecular weight excluding hydrogens is 186 g/mol. The molecular formula is C10H10ClNO. The first-order valence-corrected chi connectivity index (χ1v) is 4.29. The topological polar surface area (TPSA) is 33.0 Å². The number of aryl methyl sites for hydroxylation is 2. The largest absolute Gasteiger partial charge is 0.478 e. The predicted molar refractivity (Wildman–Crippen MR) is 52.0 cm³/mol. The van der Waals surface area contributed by atoms with E-state index in [1.54, 1.807) is 0 Å². The van der Waals surface area contributed by atoms with E-state index in [0.29, 0.717) is 5.02 Å². The zero-order valence-corrected chi connectivity index (χ0v) is 8.35. The van der Waals surface area contributed by atoms with Gasteiger partial charge in [0.15, 0.2) is 6.61 Å². The summed E-state index contributed by atoms with van der Waals surface area (Å²) < 4.78 is 5.25.